The first-order valence-corrected chi connectivity index (χ1v) is 6.99. The van der Waals surface area contributed by atoms with Crippen molar-refractivity contribution in [3.05, 3.63) is 58.1 Å². The van der Waals surface area contributed by atoms with Crippen molar-refractivity contribution in [3.8, 4) is 5.75 Å². The maximum Gasteiger partial charge on any atom is 0.145 e. The highest BCUT2D eigenvalue weighted by molar-refractivity contribution is 9.10. The minimum Gasteiger partial charge on any atom is -0.492 e. The van der Waals surface area contributed by atoms with Gasteiger partial charge in [-0.3, -0.25) is 0 Å². The molecule has 0 saturated heterocycles. The van der Waals surface area contributed by atoms with E-state index >= 15 is 0 Å². The highest BCUT2D eigenvalue weighted by atomic mass is 79.9. The Labute approximate surface area is 124 Å². The zero-order valence-electron chi connectivity index (χ0n) is 10.9. The fourth-order valence-electron chi connectivity index (χ4n) is 1.77. The number of benzene rings is 2. The lowest BCUT2D eigenvalue weighted by molar-refractivity contribution is 0.340. The lowest BCUT2D eigenvalue weighted by Crippen LogP contribution is -2.04. The maximum atomic E-state index is 13.2. The van der Waals surface area contributed by atoms with Gasteiger partial charge in [0.05, 0.1) is 12.3 Å². The average Bonchev–Trinajstić information content (AvgIpc) is 2.40. The van der Waals surface area contributed by atoms with Crippen molar-refractivity contribution in [2.45, 2.75) is 13.5 Å². The molecule has 0 aliphatic rings. The Balaban J connectivity index is 2.14. The molecule has 0 bridgehead atoms. The van der Waals surface area contributed by atoms with E-state index in [2.05, 4.69) is 21.2 Å². The summed E-state index contributed by atoms with van der Waals surface area (Å²) in [5.74, 6) is -0.176. The summed E-state index contributed by atoms with van der Waals surface area (Å²) in [4.78, 5) is 0. The first-order chi connectivity index (χ1) is 9.60. The first kappa shape index (κ1) is 14.8. The standard InChI is InChI=1S/C15H14BrF2NO/c1-2-20-15-8-12(18)5-6-14(15)19-9-10-3-4-11(17)7-13(10)16/h3-8,19H,2,9H2,1H3. The summed E-state index contributed by atoms with van der Waals surface area (Å²) in [7, 11) is 0. The van der Waals surface area contributed by atoms with Crippen LogP contribution in [0.5, 0.6) is 5.75 Å². The van der Waals surface area contributed by atoms with Crippen LogP contribution in [-0.2, 0) is 6.54 Å². The van der Waals surface area contributed by atoms with Crippen molar-refractivity contribution in [2.75, 3.05) is 11.9 Å². The summed E-state index contributed by atoms with van der Waals surface area (Å²) in [5, 5.41) is 3.16. The van der Waals surface area contributed by atoms with Gasteiger partial charge in [0.15, 0.2) is 0 Å². The third-order valence-corrected chi connectivity index (χ3v) is 3.47. The van der Waals surface area contributed by atoms with E-state index in [-0.39, 0.29) is 11.6 Å². The van der Waals surface area contributed by atoms with Crippen molar-refractivity contribution in [1.29, 1.82) is 0 Å². The average molecular weight is 342 g/mol. The van der Waals surface area contributed by atoms with Crippen LogP contribution in [0, 0.1) is 11.6 Å². The number of hydrogen-bond donors (Lipinski definition) is 1. The molecule has 0 aliphatic carbocycles. The largest absolute Gasteiger partial charge is 0.492 e. The molecule has 2 rings (SSSR count). The molecular weight excluding hydrogens is 328 g/mol. The minimum atomic E-state index is -0.345. The number of halogens is 3. The molecule has 0 saturated carbocycles. The summed E-state index contributed by atoms with van der Waals surface area (Å²) >= 11 is 3.31. The minimum absolute atomic E-state index is 0.294. The second kappa shape index (κ2) is 6.70. The Morgan fingerprint density at radius 3 is 2.50 bits per heavy atom. The number of rotatable bonds is 5. The van der Waals surface area contributed by atoms with Crippen LogP contribution in [0.2, 0.25) is 0 Å². The van der Waals surface area contributed by atoms with Crippen molar-refractivity contribution in [1.82, 2.24) is 0 Å². The molecule has 0 aliphatic heterocycles. The van der Waals surface area contributed by atoms with Crippen LogP contribution in [-0.4, -0.2) is 6.61 Å². The Bertz CT molecular complexity index is 604. The van der Waals surface area contributed by atoms with Gasteiger partial charge in [-0.15, -0.1) is 0 Å². The van der Waals surface area contributed by atoms with Crippen LogP contribution in [0.15, 0.2) is 40.9 Å². The number of anilines is 1. The fourth-order valence-corrected chi connectivity index (χ4v) is 2.26. The molecule has 0 atom stereocenters. The lowest BCUT2D eigenvalue weighted by atomic mass is 10.2. The van der Waals surface area contributed by atoms with Crippen LogP contribution in [0.25, 0.3) is 0 Å². The van der Waals surface area contributed by atoms with E-state index in [1.165, 1.54) is 24.3 Å². The summed E-state index contributed by atoms with van der Waals surface area (Å²) in [5.41, 5.74) is 1.60. The molecule has 20 heavy (non-hydrogen) atoms. The molecule has 1 N–H and O–H groups in total. The molecule has 0 unspecified atom stereocenters. The molecule has 106 valence electrons. The third-order valence-electron chi connectivity index (χ3n) is 2.73. The van der Waals surface area contributed by atoms with Gasteiger partial charge >= 0.3 is 0 Å². The van der Waals surface area contributed by atoms with Gasteiger partial charge in [-0.25, -0.2) is 8.78 Å². The van der Waals surface area contributed by atoms with E-state index in [9.17, 15) is 8.78 Å². The van der Waals surface area contributed by atoms with Crippen LogP contribution in [0.3, 0.4) is 0 Å². The van der Waals surface area contributed by atoms with Gasteiger partial charge in [0.2, 0.25) is 0 Å². The second-order valence-electron chi connectivity index (χ2n) is 4.16. The SMILES string of the molecule is CCOc1cc(F)ccc1NCc1ccc(F)cc1Br. The molecule has 0 heterocycles. The second-order valence-corrected chi connectivity index (χ2v) is 5.02. The van der Waals surface area contributed by atoms with E-state index < -0.39 is 0 Å². The number of hydrogen-bond acceptors (Lipinski definition) is 2. The maximum absolute atomic E-state index is 13.2. The van der Waals surface area contributed by atoms with Crippen molar-refractivity contribution in [2.24, 2.45) is 0 Å². The Hall–Kier alpha value is -1.62. The van der Waals surface area contributed by atoms with E-state index in [0.29, 0.717) is 29.1 Å². The molecule has 0 spiro atoms. The van der Waals surface area contributed by atoms with Crippen molar-refractivity contribution >= 4 is 21.6 Å². The third kappa shape index (κ3) is 3.70. The molecule has 0 radical (unpaired) electrons. The Kier molecular flexibility index (Phi) is 4.95. The van der Waals surface area contributed by atoms with Gasteiger partial charge in [-0.2, -0.15) is 0 Å². The molecular formula is C15H14BrF2NO. The van der Waals surface area contributed by atoms with Gasteiger partial charge in [0.1, 0.15) is 17.4 Å². The normalized spacial score (nSPS) is 10.4. The van der Waals surface area contributed by atoms with E-state index in [4.69, 9.17) is 4.74 Å². The smallest absolute Gasteiger partial charge is 0.145 e. The van der Waals surface area contributed by atoms with Crippen molar-refractivity contribution in [3.63, 3.8) is 0 Å². The van der Waals surface area contributed by atoms with Gasteiger partial charge in [-0.1, -0.05) is 22.0 Å². The molecule has 2 aromatic carbocycles. The van der Waals surface area contributed by atoms with Crippen molar-refractivity contribution < 1.29 is 13.5 Å². The predicted octanol–water partition coefficient (Wildman–Crippen LogP) is 4.74. The van der Waals surface area contributed by atoms with Gasteiger partial charge < -0.3 is 10.1 Å². The highest BCUT2D eigenvalue weighted by Gasteiger charge is 2.07. The Morgan fingerprint density at radius 2 is 1.80 bits per heavy atom. The number of nitrogens with one attached hydrogen (secondary N) is 1. The molecule has 2 nitrogen and oxygen atoms in total. The molecule has 5 heteroatoms. The zero-order chi connectivity index (χ0) is 14.5. The van der Waals surface area contributed by atoms with E-state index in [1.807, 2.05) is 6.92 Å². The van der Waals surface area contributed by atoms with E-state index in [1.54, 1.807) is 12.1 Å². The van der Waals surface area contributed by atoms with Crippen LogP contribution < -0.4 is 10.1 Å². The lowest BCUT2D eigenvalue weighted by Gasteiger charge is -2.13. The van der Waals surface area contributed by atoms with Gasteiger partial charge in [0.25, 0.3) is 0 Å². The predicted molar refractivity (Wildman–Crippen MR) is 79.0 cm³/mol. The summed E-state index contributed by atoms with van der Waals surface area (Å²) < 4.78 is 32.3. The van der Waals surface area contributed by atoms with Crippen LogP contribution >= 0.6 is 15.9 Å². The fraction of sp³-hybridized carbons (Fsp3) is 0.200. The first-order valence-electron chi connectivity index (χ1n) is 6.20. The monoisotopic (exact) mass is 341 g/mol. The topological polar surface area (TPSA) is 21.3 Å². The number of ether oxygens (including phenoxy) is 1. The Morgan fingerprint density at radius 1 is 1.10 bits per heavy atom. The molecule has 0 amide bonds. The quantitative estimate of drug-likeness (QED) is 0.848. The summed E-state index contributed by atoms with van der Waals surface area (Å²) in [6.07, 6.45) is 0. The highest BCUT2D eigenvalue weighted by Crippen LogP contribution is 2.27. The molecule has 0 fully saturated rings. The zero-order valence-corrected chi connectivity index (χ0v) is 12.5. The van der Waals surface area contributed by atoms with E-state index in [0.717, 1.165) is 5.56 Å². The molecule has 0 aromatic heterocycles. The summed E-state index contributed by atoms with van der Waals surface area (Å²) in [6, 6.07) is 8.82. The molecule has 2 aromatic rings. The summed E-state index contributed by atoms with van der Waals surface area (Å²) in [6.45, 7) is 2.77. The van der Waals surface area contributed by atoms with Gasteiger partial charge in [0, 0.05) is 17.1 Å². The van der Waals surface area contributed by atoms with Crippen LogP contribution in [0.4, 0.5) is 14.5 Å². The van der Waals surface area contributed by atoms with Gasteiger partial charge in [-0.05, 0) is 36.8 Å². The van der Waals surface area contributed by atoms with Crippen LogP contribution in [0.1, 0.15) is 12.5 Å².